The number of fused-ring (bicyclic) bond motifs is 2. The Kier molecular flexibility index (Phi) is 4.26. The van der Waals surface area contributed by atoms with Crippen molar-refractivity contribution in [2.45, 2.75) is 11.4 Å². The van der Waals surface area contributed by atoms with E-state index >= 15 is 0 Å². The molecule has 10 heteroatoms. The van der Waals surface area contributed by atoms with Gasteiger partial charge in [-0.15, -0.1) is 11.3 Å². The van der Waals surface area contributed by atoms with Crippen LogP contribution in [0.2, 0.25) is 5.15 Å². The van der Waals surface area contributed by atoms with Crippen molar-refractivity contribution in [3.8, 4) is 0 Å². The minimum atomic E-state index is -3.93. The predicted molar refractivity (Wildman–Crippen MR) is 103 cm³/mol. The number of hydrogen-bond donors (Lipinski definition) is 0. The predicted octanol–water partition coefficient (Wildman–Crippen LogP) is 2.74. The molecule has 4 aromatic rings. The minimum absolute atomic E-state index is 0.0302. The van der Waals surface area contributed by atoms with Gasteiger partial charge in [0.25, 0.3) is 10.0 Å². The molecule has 0 unspecified atom stereocenters. The molecule has 0 N–H and O–H groups in total. The van der Waals surface area contributed by atoms with Gasteiger partial charge in [-0.2, -0.15) is 8.42 Å². The summed E-state index contributed by atoms with van der Waals surface area (Å²) in [5.74, 6) is 0. The van der Waals surface area contributed by atoms with Crippen LogP contribution in [0, 0.1) is 0 Å². The molecule has 0 spiro atoms. The average molecular weight is 410 g/mol. The fraction of sp³-hybridized carbons (Fsp3) is 0.250. The van der Waals surface area contributed by atoms with Crippen LogP contribution in [-0.2, 0) is 16.4 Å². The number of imidazole rings is 1. The zero-order valence-corrected chi connectivity index (χ0v) is 16.5. The van der Waals surface area contributed by atoms with Gasteiger partial charge in [-0.1, -0.05) is 11.6 Å². The van der Waals surface area contributed by atoms with Crippen molar-refractivity contribution < 1.29 is 8.42 Å². The summed E-state index contributed by atoms with van der Waals surface area (Å²) in [7, 11) is 0.0209. The average Bonchev–Trinajstić information content (AvgIpc) is 3.25. The summed E-state index contributed by atoms with van der Waals surface area (Å²) >= 11 is 7.49. The quantitative estimate of drug-likeness (QED) is 0.506. The first-order valence-corrected chi connectivity index (χ1v) is 10.6. The lowest BCUT2D eigenvalue weighted by molar-refractivity contribution is 0.414. The van der Waals surface area contributed by atoms with Crippen LogP contribution in [0.1, 0.15) is 5.56 Å². The number of halogens is 1. The molecule has 0 aliphatic carbocycles. The Balaban J connectivity index is 1.93. The first-order chi connectivity index (χ1) is 12.4. The first-order valence-electron chi connectivity index (χ1n) is 7.86. The standard InChI is InChI=1S/C16H16ClN5O2S2/c1-20(2)7-5-11-10-22(12-4-3-6-18-13(11)12)26(23,24)15-14(17)19-16-21(15)8-9-25-16/h3-4,6,8-10H,5,7H2,1-2H3. The maximum absolute atomic E-state index is 13.4. The molecule has 0 aliphatic rings. The molecule has 4 heterocycles. The molecular weight excluding hydrogens is 394 g/mol. The van der Waals surface area contributed by atoms with Crippen LogP contribution in [0.25, 0.3) is 16.0 Å². The van der Waals surface area contributed by atoms with E-state index in [0.29, 0.717) is 22.4 Å². The maximum atomic E-state index is 13.4. The zero-order chi connectivity index (χ0) is 18.5. The van der Waals surface area contributed by atoms with Crippen molar-refractivity contribution in [2.24, 2.45) is 0 Å². The van der Waals surface area contributed by atoms with E-state index in [1.807, 2.05) is 19.0 Å². The molecule has 136 valence electrons. The Hall–Kier alpha value is -1.94. The second kappa shape index (κ2) is 6.34. The van der Waals surface area contributed by atoms with Crippen molar-refractivity contribution in [3.63, 3.8) is 0 Å². The second-order valence-electron chi connectivity index (χ2n) is 6.14. The molecule has 7 nitrogen and oxygen atoms in total. The summed E-state index contributed by atoms with van der Waals surface area (Å²) in [6.07, 6.45) is 5.65. The van der Waals surface area contributed by atoms with Gasteiger partial charge in [0.1, 0.15) is 0 Å². The van der Waals surface area contributed by atoms with Gasteiger partial charge in [0.15, 0.2) is 10.1 Å². The van der Waals surface area contributed by atoms with E-state index in [4.69, 9.17) is 11.6 Å². The molecule has 4 rings (SSSR count). The van der Waals surface area contributed by atoms with Crippen LogP contribution in [0.15, 0.2) is 41.1 Å². The van der Waals surface area contributed by atoms with E-state index in [9.17, 15) is 8.42 Å². The highest BCUT2D eigenvalue weighted by molar-refractivity contribution is 7.90. The van der Waals surface area contributed by atoms with Gasteiger partial charge in [-0.3, -0.25) is 9.38 Å². The van der Waals surface area contributed by atoms with Crippen LogP contribution in [0.5, 0.6) is 0 Å². The van der Waals surface area contributed by atoms with Crippen LogP contribution < -0.4 is 0 Å². The van der Waals surface area contributed by atoms with Gasteiger partial charge in [0.05, 0.1) is 11.0 Å². The summed E-state index contributed by atoms with van der Waals surface area (Å²) in [5, 5.41) is 1.71. The van der Waals surface area contributed by atoms with E-state index in [0.717, 1.165) is 12.1 Å². The smallest absolute Gasteiger partial charge is 0.287 e. The third kappa shape index (κ3) is 2.71. The molecule has 0 aliphatic heterocycles. The van der Waals surface area contributed by atoms with Crippen LogP contribution in [0.3, 0.4) is 0 Å². The molecule has 0 fully saturated rings. The zero-order valence-electron chi connectivity index (χ0n) is 14.1. The molecule has 0 saturated heterocycles. The van der Waals surface area contributed by atoms with E-state index in [1.54, 1.807) is 36.1 Å². The molecular formula is C16H16ClN5O2S2. The Labute approximate surface area is 159 Å². The monoisotopic (exact) mass is 409 g/mol. The maximum Gasteiger partial charge on any atom is 0.287 e. The third-order valence-corrected chi connectivity index (χ3v) is 6.94. The second-order valence-corrected chi connectivity index (χ2v) is 9.10. The number of thiazole rings is 1. The van der Waals surface area contributed by atoms with Crippen molar-refractivity contribution >= 4 is 49.0 Å². The molecule has 0 radical (unpaired) electrons. The Bertz CT molecular complexity index is 1210. The summed E-state index contributed by atoms with van der Waals surface area (Å²) in [4.78, 5) is 11.1. The van der Waals surface area contributed by atoms with Gasteiger partial charge in [-0.05, 0) is 38.2 Å². The highest BCUT2D eigenvalue weighted by Gasteiger charge is 2.29. The lowest BCUT2D eigenvalue weighted by Crippen LogP contribution is -2.15. The number of nitrogens with zero attached hydrogens (tertiary/aromatic N) is 5. The molecule has 0 bridgehead atoms. The van der Waals surface area contributed by atoms with Gasteiger partial charge in [-0.25, -0.2) is 8.96 Å². The van der Waals surface area contributed by atoms with Crippen LogP contribution in [-0.4, -0.2) is 52.3 Å². The van der Waals surface area contributed by atoms with Crippen LogP contribution in [0.4, 0.5) is 0 Å². The third-order valence-electron chi connectivity index (χ3n) is 4.11. The number of hydrogen-bond acceptors (Lipinski definition) is 6. The van der Waals surface area contributed by atoms with Crippen molar-refractivity contribution in [2.75, 3.05) is 20.6 Å². The summed E-state index contributed by atoms with van der Waals surface area (Å²) in [6, 6.07) is 3.47. The van der Waals surface area contributed by atoms with Gasteiger partial charge in [0.2, 0.25) is 5.03 Å². The molecule has 0 saturated carbocycles. The SMILES string of the molecule is CN(C)CCc1cn(S(=O)(=O)c2c(Cl)nc3sccn23)c2cccnc12. The topological polar surface area (TPSA) is 72.5 Å². The van der Waals surface area contributed by atoms with E-state index in [2.05, 4.69) is 9.97 Å². The number of rotatable bonds is 5. The first kappa shape index (κ1) is 17.5. The lowest BCUT2D eigenvalue weighted by Gasteiger charge is -2.07. The molecule has 4 aromatic heterocycles. The number of pyridine rings is 1. The normalized spacial score (nSPS) is 12.6. The highest BCUT2D eigenvalue weighted by atomic mass is 35.5. The minimum Gasteiger partial charge on any atom is -0.309 e. The van der Waals surface area contributed by atoms with E-state index in [-0.39, 0.29) is 10.2 Å². The number of aromatic nitrogens is 4. The van der Waals surface area contributed by atoms with Crippen molar-refractivity contribution in [3.05, 3.63) is 46.8 Å². The van der Waals surface area contributed by atoms with Gasteiger partial charge >= 0.3 is 0 Å². The van der Waals surface area contributed by atoms with Crippen LogP contribution >= 0.6 is 22.9 Å². The largest absolute Gasteiger partial charge is 0.309 e. The number of likely N-dealkylation sites (N-methyl/N-ethyl adjacent to an activating group) is 1. The highest BCUT2D eigenvalue weighted by Crippen LogP contribution is 2.30. The fourth-order valence-electron chi connectivity index (χ4n) is 2.88. The molecule has 0 aromatic carbocycles. The van der Waals surface area contributed by atoms with E-state index in [1.165, 1.54) is 19.7 Å². The lowest BCUT2D eigenvalue weighted by atomic mass is 10.2. The van der Waals surface area contributed by atoms with E-state index < -0.39 is 10.0 Å². The van der Waals surface area contributed by atoms with Crippen molar-refractivity contribution in [1.82, 2.24) is 23.2 Å². The van der Waals surface area contributed by atoms with Gasteiger partial charge < -0.3 is 4.90 Å². The van der Waals surface area contributed by atoms with Gasteiger partial charge in [0, 0.05) is 30.5 Å². The molecule has 0 atom stereocenters. The Morgan fingerprint density at radius 2 is 2.15 bits per heavy atom. The Morgan fingerprint density at radius 3 is 2.92 bits per heavy atom. The summed E-state index contributed by atoms with van der Waals surface area (Å²) in [5.41, 5.74) is 2.09. The molecule has 0 amide bonds. The summed E-state index contributed by atoms with van der Waals surface area (Å²) in [6.45, 7) is 0.790. The Morgan fingerprint density at radius 1 is 1.35 bits per heavy atom. The van der Waals surface area contributed by atoms with Crippen molar-refractivity contribution in [1.29, 1.82) is 0 Å². The summed E-state index contributed by atoms with van der Waals surface area (Å²) < 4.78 is 29.5. The molecule has 26 heavy (non-hydrogen) atoms. The fourth-order valence-corrected chi connectivity index (χ4v) is 5.68.